The Labute approximate surface area is 164 Å². The van der Waals surface area contributed by atoms with E-state index in [1.54, 1.807) is 26.0 Å². The van der Waals surface area contributed by atoms with Gasteiger partial charge in [0.05, 0.1) is 48.8 Å². The van der Waals surface area contributed by atoms with E-state index in [9.17, 15) is 16.8 Å². The van der Waals surface area contributed by atoms with Crippen molar-refractivity contribution in [3.8, 4) is 11.5 Å². The molecule has 1 aromatic carbocycles. The van der Waals surface area contributed by atoms with Crippen LogP contribution in [0.5, 0.6) is 11.5 Å². The second-order valence-corrected chi connectivity index (χ2v) is 10.5. The Bertz CT molecular complexity index is 1110. The molecule has 0 bridgehead atoms. The lowest BCUT2D eigenvalue weighted by molar-refractivity contribution is 0.355. The number of nitrogens with one attached hydrogen (secondary N) is 1. The Hall–Kier alpha value is -2.27. The maximum atomic E-state index is 13.0. The molecule has 1 atom stereocenters. The number of benzene rings is 1. The SMILES string of the molecule is COc1ccc(NS(=O)(=O)c2c(C)nn([C@@H]3CCS(=O)(=O)C3)c2C)cc1OC. The lowest BCUT2D eigenvalue weighted by Gasteiger charge is -2.13. The molecule has 9 nitrogen and oxygen atoms in total. The molecule has 1 aliphatic rings. The van der Waals surface area contributed by atoms with E-state index in [1.165, 1.54) is 25.0 Å². The van der Waals surface area contributed by atoms with E-state index in [1.807, 2.05) is 0 Å². The maximum Gasteiger partial charge on any atom is 0.265 e. The first-order valence-corrected chi connectivity index (χ1v) is 11.9. The third-order valence-corrected chi connectivity index (χ3v) is 8.10. The molecule has 2 heterocycles. The van der Waals surface area contributed by atoms with E-state index < -0.39 is 19.9 Å². The molecule has 3 rings (SSSR count). The predicted molar refractivity (Wildman–Crippen MR) is 104 cm³/mol. The number of sulfonamides is 1. The number of aromatic nitrogens is 2. The zero-order valence-electron chi connectivity index (χ0n) is 16.1. The highest BCUT2D eigenvalue weighted by atomic mass is 32.2. The van der Waals surface area contributed by atoms with Crippen LogP contribution in [0, 0.1) is 13.8 Å². The van der Waals surface area contributed by atoms with Gasteiger partial charge < -0.3 is 9.47 Å². The number of hydrogen-bond donors (Lipinski definition) is 1. The van der Waals surface area contributed by atoms with Crippen molar-refractivity contribution in [2.24, 2.45) is 0 Å². The highest BCUT2D eigenvalue weighted by Gasteiger charge is 2.33. The van der Waals surface area contributed by atoms with Gasteiger partial charge in [0, 0.05) is 6.07 Å². The minimum Gasteiger partial charge on any atom is -0.493 e. The molecule has 1 fully saturated rings. The molecule has 1 N–H and O–H groups in total. The third-order valence-electron chi connectivity index (χ3n) is 4.72. The van der Waals surface area contributed by atoms with Crippen molar-refractivity contribution in [3.63, 3.8) is 0 Å². The van der Waals surface area contributed by atoms with Gasteiger partial charge in [-0.3, -0.25) is 9.40 Å². The second-order valence-electron chi connectivity index (χ2n) is 6.68. The maximum absolute atomic E-state index is 13.0. The zero-order chi connectivity index (χ0) is 20.7. The van der Waals surface area contributed by atoms with Gasteiger partial charge in [0.2, 0.25) is 0 Å². The molecule has 2 aromatic rings. The fraction of sp³-hybridized carbons (Fsp3) is 0.471. The van der Waals surface area contributed by atoms with Crippen LogP contribution < -0.4 is 14.2 Å². The minimum absolute atomic E-state index is 0.0302. The average molecular weight is 430 g/mol. The zero-order valence-corrected chi connectivity index (χ0v) is 17.7. The van der Waals surface area contributed by atoms with Gasteiger partial charge in [-0.1, -0.05) is 0 Å². The van der Waals surface area contributed by atoms with Crippen LogP contribution >= 0.6 is 0 Å². The Morgan fingerprint density at radius 3 is 2.43 bits per heavy atom. The average Bonchev–Trinajstić information content (AvgIpc) is 3.13. The van der Waals surface area contributed by atoms with Gasteiger partial charge in [0.1, 0.15) is 4.90 Å². The van der Waals surface area contributed by atoms with Crippen molar-refractivity contribution in [3.05, 3.63) is 29.6 Å². The number of anilines is 1. The summed E-state index contributed by atoms with van der Waals surface area (Å²) in [7, 11) is -4.10. The quantitative estimate of drug-likeness (QED) is 0.742. The van der Waals surface area contributed by atoms with E-state index >= 15 is 0 Å². The van der Waals surface area contributed by atoms with E-state index in [2.05, 4.69) is 9.82 Å². The summed E-state index contributed by atoms with van der Waals surface area (Å²) in [6.45, 7) is 3.23. The first-order chi connectivity index (χ1) is 13.1. The standard InChI is InChI=1S/C17H23N3O6S2/c1-11-17(12(2)20(18-11)14-7-8-27(21,22)10-14)28(23,24)19-13-5-6-15(25-3)16(9-13)26-4/h5-6,9,14,19H,7-8,10H2,1-4H3/t14-/m1/s1. The molecule has 0 aliphatic carbocycles. The number of methoxy groups -OCH3 is 2. The minimum atomic E-state index is -3.94. The molecule has 0 amide bonds. The van der Waals surface area contributed by atoms with Gasteiger partial charge in [-0.15, -0.1) is 0 Å². The van der Waals surface area contributed by atoms with Crippen molar-refractivity contribution in [2.75, 3.05) is 30.4 Å². The van der Waals surface area contributed by atoms with E-state index in [0.29, 0.717) is 35.0 Å². The number of nitrogens with zero attached hydrogens (tertiary/aromatic N) is 2. The monoisotopic (exact) mass is 429 g/mol. The first-order valence-electron chi connectivity index (χ1n) is 8.59. The van der Waals surface area contributed by atoms with Gasteiger partial charge in [-0.2, -0.15) is 5.10 Å². The summed E-state index contributed by atoms with van der Waals surface area (Å²) in [6.07, 6.45) is 0.424. The van der Waals surface area contributed by atoms with Gasteiger partial charge in [-0.05, 0) is 32.4 Å². The molecule has 11 heteroatoms. The molecular weight excluding hydrogens is 406 g/mol. The topological polar surface area (TPSA) is 117 Å². The fourth-order valence-corrected chi connectivity index (χ4v) is 6.61. The summed E-state index contributed by atoms with van der Waals surface area (Å²) < 4.78 is 63.9. The van der Waals surface area contributed by atoms with Crippen molar-refractivity contribution in [1.29, 1.82) is 0 Å². The Kier molecular flexibility index (Phi) is 5.32. The Morgan fingerprint density at radius 2 is 1.86 bits per heavy atom. The predicted octanol–water partition coefficient (Wildman–Crippen LogP) is 1.68. The lowest BCUT2D eigenvalue weighted by Crippen LogP contribution is -2.17. The molecule has 1 aliphatic heterocycles. The van der Waals surface area contributed by atoms with Crippen LogP contribution in [0.1, 0.15) is 23.9 Å². The fourth-order valence-electron chi connectivity index (χ4n) is 3.47. The number of rotatable bonds is 6. The van der Waals surface area contributed by atoms with E-state index in [-0.39, 0.29) is 22.4 Å². The molecule has 154 valence electrons. The largest absolute Gasteiger partial charge is 0.493 e. The second kappa shape index (κ2) is 7.28. The number of aryl methyl sites for hydroxylation is 1. The first kappa shape index (κ1) is 20.5. The summed E-state index contributed by atoms with van der Waals surface area (Å²) in [4.78, 5) is 0.0478. The van der Waals surface area contributed by atoms with Gasteiger partial charge in [0.15, 0.2) is 21.3 Å². The van der Waals surface area contributed by atoms with Crippen LogP contribution in [0.3, 0.4) is 0 Å². The highest BCUT2D eigenvalue weighted by Crippen LogP contribution is 2.33. The molecule has 28 heavy (non-hydrogen) atoms. The van der Waals surface area contributed by atoms with Crippen LogP contribution in [0.15, 0.2) is 23.1 Å². The number of hydrogen-bond acceptors (Lipinski definition) is 7. The smallest absolute Gasteiger partial charge is 0.265 e. The van der Waals surface area contributed by atoms with Gasteiger partial charge in [0.25, 0.3) is 10.0 Å². The molecule has 0 saturated carbocycles. The number of sulfone groups is 1. The summed E-state index contributed by atoms with van der Waals surface area (Å²) >= 11 is 0. The Morgan fingerprint density at radius 1 is 1.18 bits per heavy atom. The van der Waals surface area contributed by atoms with Crippen LogP contribution in [0.4, 0.5) is 5.69 Å². The summed E-state index contributed by atoms with van der Waals surface area (Å²) in [5.74, 6) is 0.926. The van der Waals surface area contributed by atoms with E-state index in [4.69, 9.17) is 9.47 Å². The highest BCUT2D eigenvalue weighted by molar-refractivity contribution is 7.92. The molecule has 1 saturated heterocycles. The molecule has 0 spiro atoms. The van der Waals surface area contributed by atoms with Crippen molar-refractivity contribution >= 4 is 25.5 Å². The summed E-state index contributed by atoms with van der Waals surface area (Å²) in [5, 5.41) is 4.32. The van der Waals surface area contributed by atoms with Crippen molar-refractivity contribution in [1.82, 2.24) is 9.78 Å². The van der Waals surface area contributed by atoms with Crippen LogP contribution in [-0.2, 0) is 19.9 Å². The lowest BCUT2D eigenvalue weighted by atomic mass is 10.2. The summed E-state index contributed by atoms with van der Waals surface area (Å²) in [5.41, 5.74) is 1.04. The number of ether oxygens (including phenoxy) is 2. The molecular formula is C17H23N3O6S2. The summed E-state index contributed by atoms with van der Waals surface area (Å²) in [6, 6.07) is 4.34. The van der Waals surface area contributed by atoms with Crippen molar-refractivity contribution in [2.45, 2.75) is 31.2 Å². The van der Waals surface area contributed by atoms with E-state index in [0.717, 1.165) is 0 Å². The Balaban J connectivity index is 1.95. The van der Waals surface area contributed by atoms with Crippen LogP contribution in [0.2, 0.25) is 0 Å². The molecule has 1 aromatic heterocycles. The van der Waals surface area contributed by atoms with Gasteiger partial charge in [-0.25, -0.2) is 16.8 Å². The molecule has 0 unspecified atom stereocenters. The normalized spacial score (nSPS) is 18.8. The van der Waals surface area contributed by atoms with Gasteiger partial charge >= 0.3 is 0 Å². The third kappa shape index (κ3) is 3.81. The van der Waals surface area contributed by atoms with Crippen LogP contribution in [0.25, 0.3) is 0 Å². The van der Waals surface area contributed by atoms with Crippen LogP contribution in [-0.4, -0.2) is 52.3 Å². The van der Waals surface area contributed by atoms with Crippen molar-refractivity contribution < 1.29 is 26.3 Å². The molecule has 0 radical (unpaired) electrons.